The van der Waals surface area contributed by atoms with Crippen molar-refractivity contribution < 1.29 is 0 Å². The minimum atomic E-state index is 0.983. The lowest BCUT2D eigenvalue weighted by atomic mass is 9.98. The SMILES string of the molecule is c1ccc2ncc(-c3ccc4nccc(-c5ccncc5)c4c3)cc2c1. The molecule has 3 nitrogen and oxygen atoms in total. The Balaban J connectivity index is 1.71. The molecule has 0 N–H and O–H groups in total. The summed E-state index contributed by atoms with van der Waals surface area (Å²) in [4.78, 5) is 13.2. The number of benzene rings is 2. The van der Waals surface area contributed by atoms with Gasteiger partial charge >= 0.3 is 0 Å². The van der Waals surface area contributed by atoms with Crippen molar-refractivity contribution in [2.45, 2.75) is 0 Å². The zero-order valence-corrected chi connectivity index (χ0v) is 14.0. The monoisotopic (exact) mass is 333 g/mol. The van der Waals surface area contributed by atoms with E-state index < -0.39 is 0 Å². The van der Waals surface area contributed by atoms with Crippen LogP contribution in [-0.4, -0.2) is 15.0 Å². The summed E-state index contributed by atoms with van der Waals surface area (Å²) in [5.41, 5.74) is 6.54. The number of para-hydroxylation sites is 1. The fraction of sp³-hybridized carbons (Fsp3) is 0. The number of pyridine rings is 3. The molecule has 0 fully saturated rings. The average molecular weight is 333 g/mol. The van der Waals surface area contributed by atoms with Gasteiger partial charge in [-0.1, -0.05) is 24.3 Å². The Morgan fingerprint density at radius 1 is 0.577 bits per heavy atom. The van der Waals surface area contributed by atoms with Crippen LogP contribution in [0.25, 0.3) is 44.1 Å². The van der Waals surface area contributed by atoms with Crippen LogP contribution in [0.2, 0.25) is 0 Å². The minimum absolute atomic E-state index is 0.983. The third kappa shape index (κ3) is 2.50. The normalized spacial score (nSPS) is 11.1. The maximum absolute atomic E-state index is 4.59. The molecule has 0 bridgehead atoms. The van der Waals surface area contributed by atoms with Gasteiger partial charge in [0.05, 0.1) is 11.0 Å². The number of hydrogen-bond donors (Lipinski definition) is 0. The van der Waals surface area contributed by atoms with Gasteiger partial charge in [-0.15, -0.1) is 0 Å². The summed E-state index contributed by atoms with van der Waals surface area (Å²) >= 11 is 0. The van der Waals surface area contributed by atoms with Crippen molar-refractivity contribution in [2.75, 3.05) is 0 Å². The molecule has 26 heavy (non-hydrogen) atoms. The molecule has 5 aromatic rings. The quantitative estimate of drug-likeness (QED) is 0.427. The van der Waals surface area contributed by atoms with Crippen molar-refractivity contribution in [1.82, 2.24) is 15.0 Å². The van der Waals surface area contributed by atoms with Gasteiger partial charge in [0.25, 0.3) is 0 Å². The van der Waals surface area contributed by atoms with E-state index in [0.717, 1.165) is 44.1 Å². The Kier molecular flexibility index (Phi) is 3.42. The Morgan fingerprint density at radius 3 is 2.38 bits per heavy atom. The lowest BCUT2D eigenvalue weighted by molar-refractivity contribution is 1.33. The fourth-order valence-corrected chi connectivity index (χ4v) is 3.34. The second kappa shape index (κ2) is 6.05. The first-order valence-corrected chi connectivity index (χ1v) is 8.53. The molecular weight excluding hydrogens is 318 g/mol. The van der Waals surface area contributed by atoms with Gasteiger partial charge in [-0.05, 0) is 59.2 Å². The Labute approximate surface area is 151 Å². The van der Waals surface area contributed by atoms with Crippen molar-refractivity contribution in [3.63, 3.8) is 0 Å². The van der Waals surface area contributed by atoms with E-state index in [1.54, 1.807) is 0 Å². The van der Waals surface area contributed by atoms with Crippen LogP contribution in [0, 0.1) is 0 Å². The number of rotatable bonds is 2. The third-order valence-corrected chi connectivity index (χ3v) is 4.66. The first kappa shape index (κ1) is 14.7. The minimum Gasteiger partial charge on any atom is -0.265 e. The molecule has 5 rings (SSSR count). The highest BCUT2D eigenvalue weighted by atomic mass is 14.7. The molecule has 122 valence electrons. The molecular formula is C23H15N3. The van der Waals surface area contributed by atoms with Gasteiger partial charge < -0.3 is 0 Å². The molecule has 3 aromatic heterocycles. The molecule has 0 aliphatic rings. The van der Waals surface area contributed by atoms with Crippen LogP contribution in [0.4, 0.5) is 0 Å². The molecule has 0 amide bonds. The Bertz CT molecular complexity index is 1230. The van der Waals surface area contributed by atoms with Gasteiger partial charge in [0, 0.05) is 41.1 Å². The van der Waals surface area contributed by atoms with Crippen LogP contribution in [0.1, 0.15) is 0 Å². The molecule has 2 aromatic carbocycles. The summed E-state index contributed by atoms with van der Waals surface area (Å²) in [7, 11) is 0. The number of hydrogen-bond acceptors (Lipinski definition) is 3. The molecule has 0 unspecified atom stereocenters. The standard InChI is InChI=1S/C23H15N3/c1-2-4-22-18(3-1)13-19(15-26-22)17-5-6-23-21(14-17)20(9-12-25-23)16-7-10-24-11-8-16/h1-15H. The highest BCUT2D eigenvalue weighted by Gasteiger charge is 2.07. The predicted molar refractivity (Wildman–Crippen MR) is 106 cm³/mol. The van der Waals surface area contributed by atoms with E-state index in [-0.39, 0.29) is 0 Å². The van der Waals surface area contributed by atoms with E-state index >= 15 is 0 Å². The number of nitrogens with zero attached hydrogens (tertiary/aromatic N) is 3. The van der Waals surface area contributed by atoms with Crippen molar-refractivity contribution >= 4 is 21.8 Å². The molecule has 0 aliphatic carbocycles. The van der Waals surface area contributed by atoms with Crippen molar-refractivity contribution in [3.05, 3.63) is 91.5 Å². The van der Waals surface area contributed by atoms with E-state index in [0.29, 0.717) is 0 Å². The summed E-state index contributed by atoms with van der Waals surface area (Å²) in [6.45, 7) is 0. The molecule has 0 saturated heterocycles. The summed E-state index contributed by atoms with van der Waals surface area (Å²) < 4.78 is 0. The van der Waals surface area contributed by atoms with Crippen molar-refractivity contribution in [1.29, 1.82) is 0 Å². The highest BCUT2D eigenvalue weighted by Crippen LogP contribution is 2.31. The lowest BCUT2D eigenvalue weighted by Gasteiger charge is -2.09. The smallest absolute Gasteiger partial charge is 0.0708 e. The number of fused-ring (bicyclic) bond motifs is 2. The van der Waals surface area contributed by atoms with Gasteiger partial charge in [-0.25, -0.2) is 0 Å². The second-order valence-corrected chi connectivity index (χ2v) is 6.24. The molecule has 3 heterocycles. The maximum atomic E-state index is 4.59. The summed E-state index contributed by atoms with van der Waals surface area (Å²) in [5, 5.41) is 2.27. The zero-order chi connectivity index (χ0) is 17.3. The summed E-state index contributed by atoms with van der Waals surface area (Å²) in [6, 6.07) is 22.9. The Morgan fingerprint density at radius 2 is 1.46 bits per heavy atom. The van der Waals surface area contributed by atoms with Gasteiger partial charge in [-0.2, -0.15) is 0 Å². The fourth-order valence-electron chi connectivity index (χ4n) is 3.34. The van der Waals surface area contributed by atoms with Crippen molar-refractivity contribution in [2.24, 2.45) is 0 Å². The first-order valence-electron chi connectivity index (χ1n) is 8.53. The first-order chi connectivity index (χ1) is 12.9. The van der Waals surface area contributed by atoms with Gasteiger partial charge in [-0.3, -0.25) is 15.0 Å². The van der Waals surface area contributed by atoms with Crippen LogP contribution in [0.15, 0.2) is 91.5 Å². The van der Waals surface area contributed by atoms with Crippen LogP contribution in [0.3, 0.4) is 0 Å². The van der Waals surface area contributed by atoms with E-state index in [4.69, 9.17) is 0 Å². The predicted octanol–water partition coefficient (Wildman–Crippen LogP) is 5.51. The maximum Gasteiger partial charge on any atom is 0.0708 e. The molecule has 0 aliphatic heterocycles. The third-order valence-electron chi connectivity index (χ3n) is 4.66. The molecule has 0 spiro atoms. The van der Waals surface area contributed by atoms with Gasteiger partial charge in [0.1, 0.15) is 0 Å². The second-order valence-electron chi connectivity index (χ2n) is 6.24. The molecule has 3 heteroatoms. The van der Waals surface area contributed by atoms with Crippen LogP contribution < -0.4 is 0 Å². The summed E-state index contributed by atoms with van der Waals surface area (Å²) in [5.74, 6) is 0. The van der Waals surface area contributed by atoms with E-state index in [2.05, 4.69) is 51.4 Å². The lowest BCUT2D eigenvalue weighted by Crippen LogP contribution is -1.87. The molecule has 0 radical (unpaired) electrons. The van der Waals surface area contributed by atoms with E-state index in [1.807, 2.05) is 55.1 Å². The number of aromatic nitrogens is 3. The Hall–Kier alpha value is -3.59. The van der Waals surface area contributed by atoms with Crippen LogP contribution in [-0.2, 0) is 0 Å². The average Bonchev–Trinajstić information content (AvgIpc) is 2.73. The highest BCUT2D eigenvalue weighted by molar-refractivity contribution is 5.97. The topological polar surface area (TPSA) is 38.7 Å². The van der Waals surface area contributed by atoms with Crippen LogP contribution >= 0.6 is 0 Å². The van der Waals surface area contributed by atoms with Gasteiger partial charge in [0.2, 0.25) is 0 Å². The van der Waals surface area contributed by atoms with Crippen molar-refractivity contribution in [3.8, 4) is 22.3 Å². The van der Waals surface area contributed by atoms with Crippen LogP contribution in [0.5, 0.6) is 0 Å². The molecule has 0 saturated carbocycles. The largest absolute Gasteiger partial charge is 0.265 e. The van der Waals surface area contributed by atoms with E-state index in [1.165, 1.54) is 0 Å². The summed E-state index contributed by atoms with van der Waals surface area (Å²) in [6.07, 6.45) is 7.43. The van der Waals surface area contributed by atoms with E-state index in [9.17, 15) is 0 Å². The molecule has 0 atom stereocenters. The van der Waals surface area contributed by atoms with Gasteiger partial charge in [0.15, 0.2) is 0 Å². The zero-order valence-electron chi connectivity index (χ0n) is 14.0.